The lowest BCUT2D eigenvalue weighted by Crippen LogP contribution is -1.91. The van der Waals surface area contributed by atoms with Gasteiger partial charge in [-0.05, 0) is 156 Å². The Hall–Kier alpha value is -8.26. The normalized spacial score (nSPS) is 12.1. The third kappa shape index (κ3) is 5.05. The van der Waals surface area contributed by atoms with Crippen LogP contribution in [0.3, 0.4) is 0 Å². The van der Waals surface area contributed by atoms with Gasteiger partial charge in [0.2, 0.25) is 0 Å². The van der Waals surface area contributed by atoms with Gasteiger partial charge in [0.1, 0.15) is 11.2 Å². The monoisotopic (exact) mass is 796 g/mol. The number of hydrogen-bond acceptors (Lipinski definition) is 1. The van der Waals surface area contributed by atoms with Crippen molar-refractivity contribution in [2.24, 2.45) is 0 Å². The Labute approximate surface area is 362 Å². The number of furan rings is 1. The first-order valence-electron chi connectivity index (χ1n) is 21.8. The summed E-state index contributed by atoms with van der Waals surface area (Å²) in [5, 5.41) is 22.3. The summed E-state index contributed by atoms with van der Waals surface area (Å²) in [4.78, 5) is 0. The third-order valence-corrected chi connectivity index (χ3v) is 13.8. The van der Waals surface area contributed by atoms with Gasteiger partial charge in [-0.15, -0.1) is 0 Å². The summed E-state index contributed by atoms with van der Waals surface area (Å²) in [6.45, 7) is 0. The zero-order valence-corrected chi connectivity index (χ0v) is 34.2. The van der Waals surface area contributed by atoms with E-state index in [0.717, 1.165) is 16.6 Å². The Balaban J connectivity index is 0.959. The molecule has 0 radical (unpaired) electrons. The van der Waals surface area contributed by atoms with E-state index in [-0.39, 0.29) is 0 Å². The lowest BCUT2D eigenvalue weighted by atomic mass is 9.84. The highest BCUT2D eigenvalue weighted by molar-refractivity contribution is 6.30. The van der Waals surface area contributed by atoms with E-state index in [1.165, 1.54) is 125 Å². The van der Waals surface area contributed by atoms with Crippen LogP contribution in [0.5, 0.6) is 0 Å². The average Bonchev–Trinajstić information content (AvgIpc) is 3.73. The molecular formula is C62H36O. The van der Waals surface area contributed by atoms with Gasteiger partial charge in [0.05, 0.1) is 0 Å². The number of fused-ring (bicyclic) bond motifs is 16. The van der Waals surface area contributed by atoms with E-state index in [4.69, 9.17) is 4.42 Å². The molecule has 0 aliphatic rings. The molecule has 0 unspecified atom stereocenters. The predicted octanol–water partition coefficient (Wildman–Crippen LogP) is 17.8. The molecule has 290 valence electrons. The maximum atomic E-state index is 6.60. The molecule has 0 spiro atoms. The van der Waals surface area contributed by atoms with Crippen molar-refractivity contribution in [2.45, 2.75) is 0 Å². The molecule has 14 aromatic rings. The lowest BCUT2D eigenvalue weighted by molar-refractivity contribution is 0.670. The standard InChI is InChI=1S/C62H36O/c1-3-16-44-37(12-1)24-25-39-26-27-43(34-53(39)44)61-51-22-9-7-20-49(51)60(50-21-8-10-23-52(50)61)42-15-11-14-40(32-42)41-28-30-48-54(33-41)46-18-5-6-19-47(46)55-35-57-59(36-56(48)55)63-58-31-29-38-13-2-4-17-45(38)62(57)58/h1-36H. The summed E-state index contributed by atoms with van der Waals surface area (Å²) in [5.41, 5.74) is 9.21. The van der Waals surface area contributed by atoms with E-state index in [1.54, 1.807) is 0 Å². The molecule has 0 aliphatic carbocycles. The molecular weight excluding hydrogens is 761 g/mol. The molecule has 1 nitrogen and oxygen atoms in total. The van der Waals surface area contributed by atoms with Crippen LogP contribution in [0.1, 0.15) is 0 Å². The summed E-state index contributed by atoms with van der Waals surface area (Å²) in [7, 11) is 0. The number of rotatable bonds is 3. The Kier molecular flexibility index (Phi) is 7.17. The minimum atomic E-state index is 0.918. The topological polar surface area (TPSA) is 13.1 Å². The van der Waals surface area contributed by atoms with Gasteiger partial charge in [-0.25, -0.2) is 0 Å². The van der Waals surface area contributed by atoms with Gasteiger partial charge in [-0.2, -0.15) is 0 Å². The SMILES string of the molecule is c1cc(-c2ccc3c(c2)c2ccccc2c2cc4c(cc32)oc2ccc3ccccc3c24)cc(-c2c3ccccc3c(-c3ccc4ccc5ccccc5c4c3)c3ccccc23)c1. The molecule has 0 saturated heterocycles. The van der Waals surface area contributed by atoms with Crippen molar-refractivity contribution in [3.8, 4) is 33.4 Å². The van der Waals surface area contributed by atoms with Crippen LogP contribution in [0.15, 0.2) is 223 Å². The highest BCUT2D eigenvalue weighted by Gasteiger charge is 2.19. The molecule has 1 heteroatoms. The number of benzene rings is 13. The largest absolute Gasteiger partial charge is 0.456 e. The third-order valence-electron chi connectivity index (χ3n) is 13.8. The molecule has 13 aromatic carbocycles. The van der Waals surface area contributed by atoms with Crippen molar-refractivity contribution in [3.05, 3.63) is 218 Å². The van der Waals surface area contributed by atoms with Gasteiger partial charge in [-0.3, -0.25) is 0 Å². The number of hydrogen-bond donors (Lipinski definition) is 0. The fourth-order valence-electron chi connectivity index (χ4n) is 10.9. The molecule has 0 aliphatic heterocycles. The Morgan fingerprint density at radius 2 is 0.651 bits per heavy atom. The molecule has 0 saturated carbocycles. The van der Waals surface area contributed by atoms with Gasteiger partial charge in [0.15, 0.2) is 0 Å². The van der Waals surface area contributed by atoms with Crippen molar-refractivity contribution in [1.82, 2.24) is 0 Å². The summed E-state index contributed by atoms with van der Waals surface area (Å²) < 4.78 is 6.60. The molecule has 0 fully saturated rings. The van der Waals surface area contributed by atoms with E-state index in [2.05, 4.69) is 218 Å². The summed E-state index contributed by atoms with van der Waals surface area (Å²) >= 11 is 0. The van der Waals surface area contributed by atoms with Gasteiger partial charge in [-0.1, -0.05) is 182 Å². The summed E-state index contributed by atoms with van der Waals surface area (Å²) in [5.74, 6) is 0. The molecule has 1 heterocycles. The molecule has 0 amide bonds. The zero-order chi connectivity index (χ0) is 41.2. The first-order valence-corrected chi connectivity index (χ1v) is 21.8. The van der Waals surface area contributed by atoms with Crippen molar-refractivity contribution >= 4 is 108 Å². The van der Waals surface area contributed by atoms with Gasteiger partial charge in [0, 0.05) is 10.8 Å². The molecule has 0 N–H and O–H groups in total. The second-order valence-corrected chi connectivity index (χ2v) is 17.1. The van der Waals surface area contributed by atoms with E-state index < -0.39 is 0 Å². The molecule has 0 bridgehead atoms. The zero-order valence-electron chi connectivity index (χ0n) is 34.2. The Morgan fingerprint density at radius 3 is 1.35 bits per heavy atom. The Bertz CT molecular complexity index is 4200. The highest BCUT2D eigenvalue weighted by Crippen LogP contribution is 2.46. The fraction of sp³-hybridized carbons (Fsp3) is 0. The maximum absolute atomic E-state index is 6.60. The summed E-state index contributed by atoms with van der Waals surface area (Å²) in [6.07, 6.45) is 0. The lowest BCUT2D eigenvalue weighted by Gasteiger charge is -2.19. The smallest absolute Gasteiger partial charge is 0.136 e. The van der Waals surface area contributed by atoms with Crippen molar-refractivity contribution in [2.75, 3.05) is 0 Å². The first-order chi connectivity index (χ1) is 31.2. The minimum Gasteiger partial charge on any atom is -0.456 e. The molecule has 1 aromatic heterocycles. The van der Waals surface area contributed by atoms with Crippen LogP contribution in [0, 0.1) is 0 Å². The van der Waals surface area contributed by atoms with Crippen molar-refractivity contribution < 1.29 is 4.42 Å². The molecule has 14 rings (SSSR count). The van der Waals surface area contributed by atoms with Crippen LogP contribution in [0.4, 0.5) is 0 Å². The predicted molar refractivity (Wildman–Crippen MR) is 270 cm³/mol. The fourth-order valence-corrected chi connectivity index (χ4v) is 10.9. The molecule has 0 atom stereocenters. The van der Waals surface area contributed by atoms with Crippen LogP contribution >= 0.6 is 0 Å². The van der Waals surface area contributed by atoms with Crippen molar-refractivity contribution in [3.63, 3.8) is 0 Å². The van der Waals surface area contributed by atoms with E-state index in [9.17, 15) is 0 Å². The van der Waals surface area contributed by atoms with Gasteiger partial charge in [0.25, 0.3) is 0 Å². The van der Waals surface area contributed by atoms with Crippen molar-refractivity contribution in [1.29, 1.82) is 0 Å². The van der Waals surface area contributed by atoms with Crippen LogP contribution in [-0.2, 0) is 0 Å². The second-order valence-electron chi connectivity index (χ2n) is 17.1. The minimum absolute atomic E-state index is 0.918. The van der Waals surface area contributed by atoms with E-state index >= 15 is 0 Å². The van der Waals surface area contributed by atoms with Gasteiger partial charge < -0.3 is 4.42 Å². The van der Waals surface area contributed by atoms with E-state index in [0.29, 0.717) is 0 Å². The maximum Gasteiger partial charge on any atom is 0.136 e. The Morgan fingerprint density at radius 1 is 0.206 bits per heavy atom. The second kappa shape index (κ2) is 13.1. The molecule has 63 heavy (non-hydrogen) atoms. The quantitative estimate of drug-likeness (QED) is 0.128. The van der Waals surface area contributed by atoms with Crippen LogP contribution in [-0.4, -0.2) is 0 Å². The average molecular weight is 797 g/mol. The highest BCUT2D eigenvalue weighted by atomic mass is 16.3. The van der Waals surface area contributed by atoms with E-state index in [1.807, 2.05) is 0 Å². The summed E-state index contributed by atoms with van der Waals surface area (Å²) in [6, 6.07) is 80.7. The van der Waals surface area contributed by atoms with Gasteiger partial charge >= 0.3 is 0 Å². The van der Waals surface area contributed by atoms with Crippen LogP contribution < -0.4 is 0 Å². The first kappa shape index (κ1) is 34.5. The van der Waals surface area contributed by atoms with Crippen LogP contribution in [0.25, 0.3) is 141 Å². The van der Waals surface area contributed by atoms with Crippen LogP contribution in [0.2, 0.25) is 0 Å².